The van der Waals surface area contributed by atoms with E-state index in [1.165, 1.54) is 12.0 Å². The predicted molar refractivity (Wildman–Crippen MR) is 244 cm³/mol. The summed E-state index contributed by atoms with van der Waals surface area (Å²) in [6.45, 7) is 15.5. The Hall–Kier alpha value is -5.58. The standard InChI is InChI=1S/C47H56N8O6S2/c1-25-28(4)63-46-39(25)40(50-35(22-38(58)61-9)43-53-52-29(5)55(43)46)32-15-13-30(14-16-32)11-10-12-37(57)51-42(47(6,7)8)45(60)54-23-34(56)21-36(54)44(59)49-26(2)31-17-19-33(20-18-31)41-27(3)48-24-62-41/h13-20,24,26,34-36,42,56H,10-12,21-23H2,1-9H3,(H,49,59)(H,51,57)/t26-,34+,35-,36-,42+/m0/s1. The smallest absolute Gasteiger partial charge is 0.308 e. The molecule has 14 nitrogen and oxygen atoms in total. The number of aliphatic hydroxyl groups excluding tert-OH is 1. The van der Waals surface area contributed by atoms with Gasteiger partial charge in [-0.3, -0.25) is 28.7 Å². The lowest BCUT2D eigenvalue weighted by atomic mass is 9.85. The molecule has 3 aromatic heterocycles. The van der Waals surface area contributed by atoms with E-state index in [2.05, 4.69) is 39.7 Å². The van der Waals surface area contributed by atoms with Crippen molar-refractivity contribution in [3.05, 3.63) is 104 Å². The van der Waals surface area contributed by atoms with E-state index >= 15 is 0 Å². The third-order valence-electron chi connectivity index (χ3n) is 12.0. The number of likely N-dealkylation sites (tertiary alicyclic amines) is 1. The third-order valence-corrected chi connectivity index (χ3v) is 14.2. The van der Waals surface area contributed by atoms with Crippen molar-refractivity contribution >= 4 is 52.1 Å². The minimum atomic E-state index is -0.917. The van der Waals surface area contributed by atoms with Crippen molar-refractivity contribution in [3.8, 4) is 15.4 Å². The minimum absolute atomic E-state index is 0.00119. The van der Waals surface area contributed by atoms with Crippen LogP contribution in [0.15, 0.2) is 59.0 Å². The van der Waals surface area contributed by atoms with Gasteiger partial charge in [0, 0.05) is 35.4 Å². The zero-order valence-corrected chi connectivity index (χ0v) is 38.9. The lowest BCUT2D eigenvalue weighted by Gasteiger charge is -2.35. The van der Waals surface area contributed by atoms with Crippen LogP contribution in [0.25, 0.3) is 15.4 Å². The second-order valence-corrected chi connectivity index (χ2v) is 19.7. The topological polar surface area (TPSA) is 181 Å². The molecule has 0 spiro atoms. The Morgan fingerprint density at radius 1 is 0.968 bits per heavy atom. The van der Waals surface area contributed by atoms with Crippen molar-refractivity contribution in [1.82, 2.24) is 35.3 Å². The molecule has 0 saturated carbocycles. The number of carbonyl (C=O) groups is 4. The van der Waals surface area contributed by atoms with Crippen LogP contribution in [0.1, 0.15) is 115 Å². The number of aliphatic hydroxyl groups is 1. The number of amides is 3. The summed E-state index contributed by atoms with van der Waals surface area (Å²) >= 11 is 3.22. The molecule has 332 valence electrons. The first-order chi connectivity index (χ1) is 29.9. The number of fused-ring (bicyclic) bond motifs is 3. The summed E-state index contributed by atoms with van der Waals surface area (Å²) < 4.78 is 7.02. The fourth-order valence-corrected chi connectivity index (χ4v) is 10.3. The number of esters is 1. The van der Waals surface area contributed by atoms with E-state index in [9.17, 15) is 24.3 Å². The number of nitrogens with zero attached hydrogens (tertiary/aromatic N) is 6. The Kier molecular flexibility index (Phi) is 13.4. The number of carbonyl (C=O) groups excluding carboxylic acids is 4. The highest BCUT2D eigenvalue weighted by Crippen LogP contribution is 2.40. The zero-order chi connectivity index (χ0) is 45.3. The summed E-state index contributed by atoms with van der Waals surface area (Å²) in [4.78, 5) is 67.1. The van der Waals surface area contributed by atoms with Crippen molar-refractivity contribution in [2.75, 3.05) is 13.7 Å². The number of aryl methyl sites for hydroxylation is 4. The van der Waals surface area contributed by atoms with Crippen molar-refractivity contribution < 1.29 is 29.0 Å². The van der Waals surface area contributed by atoms with Gasteiger partial charge in [-0.25, -0.2) is 4.98 Å². The first-order valence-electron chi connectivity index (χ1n) is 21.3. The van der Waals surface area contributed by atoms with Gasteiger partial charge in [0.25, 0.3) is 0 Å². The molecular weight excluding hydrogens is 837 g/mol. The molecule has 0 radical (unpaired) electrons. The van der Waals surface area contributed by atoms with Crippen LogP contribution in [0.3, 0.4) is 0 Å². The lowest BCUT2D eigenvalue weighted by Crippen LogP contribution is -2.57. The van der Waals surface area contributed by atoms with Crippen molar-refractivity contribution in [2.24, 2.45) is 10.4 Å². The molecule has 0 bridgehead atoms. The molecule has 16 heteroatoms. The van der Waals surface area contributed by atoms with Gasteiger partial charge >= 0.3 is 5.97 Å². The van der Waals surface area contributed by atoms with Crippen molar-refractivity contribution in [1.29, 1.82) is 0 Å². The summed E-state index contributed by atoms with van der Waals surface area (Å²) in [6, 6.07) is 13.3. The lowest BCUT2D eigenvalue weighted by molar-refractivity contribution is -0.144. The van der Waals surface area contributed by atoms with Crippen LogP contribution < -0.4 is 10.6 Å². The van der Waals surface area contributed by atoms with Crippen LogP contribution in [0.2, 0.25) is 0 Å². The molecule has 63 heavy (non-hydrogen) atoms. The largest absolute Gasteiger partial charge is 0.469 e. The SMILES string of the molecule is COC(=O)C[C@@H]1N=C(c2ccc(CCCC(=O)N[C@H](C(=O)N3C[C@H](O)C[C@H]3C(=O)N[C@@H](C)c3ccc(-c4scnc4C)cc3)C(C)(C)C)cc2)c2c(sc(C)c2C)-n2c(C)nnc21. The predicted octanol–water partition coefficient (Wildman–Crippen LogP) is 6.83. The second kappa shape index (κ2) is 18.6. The number of ether oxygens (including phenoxy) is 1. The maximum atomic E-state index is 14.2. The number of rotatable bonds is 13. The average molecular weight is 893 g/mol. The van der Waals surface area contributed by atoms with Crippen molar-refractivity contribution in [2.45, 2.75) is 118 Å². The van der Waals surface area contributed by atoms with Gasteiger partial charge < -0.3 is 25.4 Å². The molecule has 2 aromatic carbocycles. The highest BCUT2D eigenvalue weighted by atomic mass is 32.1. The highest BCUT2D eigenvalue weighted by molar-refractivity contribution is 7.15. The average Bonchev–Trinajstić information content (AvgIpc) is 4.01. The maximum Gasteiger partial charge on any atom is 0.308 e. The molecule has 5 heterocycles. The molecule has 0 unspecified atom stereocenters. The Morgan fingerprint density at radius 3 is 2.32 bits per heavy atom. The van der Waals surface area contributed by atoms with E-state index in [0.29, 0.717) is 24.5 Å². The Labute approximate surface area is 376 Å². The van der Waals surface area contributed by atoms with Crippen molar-refractivity contribution in [3.63, 3.8) is 0 Å². The summed E-state index contributed by atoms with van der Waals surface area (Å²) in [7, 11) is 1.36. The molecule has 5 atom stereocenters. The summed E-state index contributed by atoms with van der Waals surface area (Å²) in [6.07, 6.45) is 0.598. The summed E-state index contributed by atoms with van der Waals surface area (Å²) in [5.41, 5.74) is 8.84. The number of aliphatic imine (C=N–C) groups is 1. The molecule has 5 aromatic rings. The van der Waals surface area contributed by atoms with Gasteiger partial charge in [-0.05, 0) is 75.1 Å². The van der Waals surface area contributed by atoms with E-state index in [0.717, 1.165) is 59.5 Å². The van der Waals surface area contributed by atoms with Crippen LogP contribution in [0.4, 0.5) is 0 Å². The van der Waals surface area contributed by atoms with Crippen LogP contribution in [0.5, 0.6) is 0 Å². The molecule has 7 rings (SSSR count). The summed E-state index contributed by atoms with van der Waals surface area (Å²) in [5.74, 6) is -0.107. The van der Waals surface area contributed by atoms with E-state index in [4.69, 9.17) is 9.73 Å². The molecule has 0 aliphatic carbocycles. The number of aromatic nitrogens is 4. The van der Waals surface area contributed by atoms with Gasteiger partial charge in [0.15, 0.2) is 5.82 Å². The number of nitrogens with one attached hydrogen (secondary N) is 2. The minimum Gasteiger partial charge on any atom is -0.469 e. The Morgan fingerprint density at radius 2 is 1.67 bits per heavy atom. The van der Waals surface area contributed by atoms with Gasteiger partial charge in [0.05, 0.1) is 47.5 Å². The van der Waals surface area contributed by atoms with Crippen LogP contribution in [-0.2, 0) is 30.3 Å². The molecule has 1 saturated heterocycles. The monoisotopic (exact) mass is 892 g/mol. The normalized spacial score (nSPS) is 18.2. The van der Waals surface area contributed by atoms with Gasteiger partial charge in [-0.2, -0.15) is 0 Å². The van der Waals surface area contributed by atoms with Gasteiger partial charge in [0.1, 0.15) is 29.0 Å². The van der Waals surface area contributed by atoms with E-state index in [1.807, 2.05) is 100 Å². The number of benzene rings is 2. The number of β-amino-alcohol motifs (C(OH)–C–C–N with tert-alkyl or cyclic N) is 1. The Balaban J connectivity index is 0.986. The Bertz CT molecular complexity index is 2530. The molecule has 3 N–H and O–H groups in total. The first-order valence-corrected chi connectivity index (χ1v) is 23.0. The first kappa shape index (κ1) is 45.4. The second-order valence-electron chi connectivity index (χ2n) is 17.6. The third kappa shape index (κ3) is 9.67. The molecule has 3 amide bonds. The number of thiazole rings is 1. The number of hydrogen-bond donors (Lipinski definition) is 3. The highest BCUT2D eigenvalue weighted by Gasteiger charge is 2.45. The van der Waals surface area contributed by atoms with E-state index in [1.54, 1.807) is 22.7 Å². The fraction of sp³-hybridized carbons (Fsp3) is 0.447. The van der Waals surface area contributed by atoms with E-state index < -0.39 is 35.6 Å². The fourth-order valence-electron chi connectivity index (χ4n) is 8.30. The van der Waals surface area contributed by atoms with Gasteiger partial charge in [0.2, 0.25) is 17.7 Å². The maximum absolute atomic E-state index is 14.2. The van der Waals surface area contributed by atoms with Crippen LogP contribution >= 0.6 is 22.7 Å². The van der Waals surface area contributed by atoms with E-state index in [-0.39, 0.29) is 49.6 Å². The number of thiophene rings is 1. The van der Waals surface area contributed by atoms with Gasteiger partial charge in [-0.15, -0.1) is 32.9 Å². The summed E-state index contributed by atoms with van der Waals surface area (Å²) in [5, 5.41) is 26.5. The molecule has 1 fully saturated rings. The van der Waals surface area contributed by atoms with Gasteiger partial charge in [-0.1, -0.05) is 69.3 Å². The molecular formula is C47H56N8O6S2. The molecule has 2 aliphatic rings. The number of methoxy groups -OCH3 is 1. The quantitative estimate of drug-likeness (QED) is 0.107. The van der Waals surface area contributed by atoms with Crippen LogP contribution in [-0.4, -0.2) is 91.0 Å². The zero-order valence-electron chi connectivity index (χ0n) is 37.3. The number of hydrogen-bond acceptors (Lipinski definition) is 12. The molecule has 2 aliphatic heterocycles. The van der Waals surface area contributed by atoms with Crippen LogP contribution in [0, 0.1) is 33.1 Å².